The van der Waals surface area contributed by atoms with Crippen molar-refractivity contribution in [2.75, 3.05) is 13.2 Å². The Balaban J connectivity index is 1.82. The summed E-state index contributed by atoms with van der Waals surface area (Å²) in [6, 6.07) is 7.11. The molecule has 2 heterocycles. The average molecular weight is 531 g/mol. The Morgan fingerprint density at radius 1 is 0.893 bits per heavy atom. The minimum absolute atomic E-state index is 0.0710. The Bertz CT molecular complexity index is 1060. The molecule has 3 rings (SSSR count). The SMILES string of the molecule is NS(=O)(=O)c1ncnc(OCCOc2ncc(Br)cn2)c1-c1ccc(Br)cc1. The van der Waals surface area contributed by atoms with Crippen molar-refractivity contribution in [3.05, 3.63) is 51.9 Å². The second-order valence-corrected chi connectivity index (χ2v) is 8.60. The molecule has 0 saturated carbocycles. The average Bonchev–Trinajstić information content (AvgIpc) is 2.66. The van der Waals surface area contributed by atoms with E-state index in [1.54, 1.807) is 36.7 Å². The normalized spacial score (nSPS) is 11.2. The van der Waals surface area contributed by atoms with Crippen LogP contribution in [0.2, 0.25) is 0 Å². The van der Waals surface area contributed by atoms with E-state index in [2.05, 4.69) is 51.8 Å². The van der Waals surface area contributed by atoms with E-state index in [0.717, 1.165) is 15.3 Å². The minimum Gasteiger partial charge on any atom is -0.473 e. The van der Waals surface area contributed by atoms with E-state index >= 15 is 0 Å². The Hall–Kier alpha value is -2.15. The maximum Gasteiger partial charge on any atom is 0.316 e. The molecular formula is C16H13Br2N5O4S. The molecule has 0 aliphatic heterocycles. The molecule has 0 spiro atoms. The third kappa shape index (κ3) is 5.22. The van der Waals surface area contributed by atoms with Gasteiger partial charge in [-0.15, -0.1) is 0 Å². The maximum atomic E-state index is 12.0. The molecule has 146 valence electrons. The number of nitrogens with two attached hydrogens (primary N) is 1. The monoisotopic (exact) mass is 529 g/mol. The Kier molecular flexibility index (Phi) is 6.54. The lowest BCUT2D eigenvalue weighted by Crippen LogP contribution is -2.17. The first-order valence-corrected chi connectivity index (χ1v) is 10.8. The third-order valence-electron chi connectivity index (χ3n) is 3.33. The molecule has 0 atom stereocenters. The van der Waals surface area contributed by atoms with Gasteiger partial charge in [-0.3, -0.25) is 0 Å². The van der Waals surface area contributed by atoms with Crippen LogP contribution < -0.4 is 14.6 Å². The summed E-state index contributed by atoms with van der Waals surface area (Å²) in [5.41, 5.74) is 0.720. The Labute approximate surface area is 177 Å². The number of nitrogens with zero attached hydrogens (tertiary/aromatic N) is 4. The highest BCUT2D eigenvalue weighted by Crippen LogP contribution is 2.33. The van der Waals surface area contributed by atoms with Gasteiger partial charge in [-0.2, -0.15) is 0 Å². The summed E-state index contributed by atoms with van der Waals surface area (Å²) in [6.07, 6.45) is 4.19. The number of primary sulfonamides is 1. The van der Waals surface area contributed by atoms with Crippen molar-refractivity contribution in [2.24, 2.45) is 5.14 Å². The predicted octanol–water partition coefficient (Wildman–Crippen LogP) is 2.56. The topological polar surface area (TPSA) is 130 Å². The van der Waals surface area contributed by atoms with E-state index in [9.17, 15) is 8.42 Å². The van der Waals surface area contributed by atoms with Crippen LogP contribution in [0.3, 0.4) is 0 Å². The van der Waals surface area contributed by atoms with Crippen LogP contribution >= 0.6 is 31.9 Å². The molecule has 2 N–H and O–H groups in total. The van der Waals surface area contributed by atoms with Gasteiger partial charge in [0.1, 0.15) is 19.5 Å². The number of aromatic nitrogens is 4. The van der Waals surface area contributed by atoms with Gasteiger partial charge in [-0.05, 0) is 33.6 Å². The molecule has 0 bridgehead atoms. The molecule has 0 radical (unpaired) electrons. The van der Waals surface area contributed by atoms with Crippen LogP contribution in [0.1, 0.15) is 0 Å². The summed E-state index contributed by atoms with van der Waals surface area (Å²) < 4.78 is 36.5. The first-order chi connectivity index (χ1) is 13.3. The van der Waals surface area contributed by atoms with Crippen molar-refractivity contribution < 1.29 is 17.9 Å². The first kappa shape index (κ1) is 20.6. The highest BCUT2D eigenvalue weighted by Gasteiger charge is 2.22. The maximum absolute atomic E-state index is 12.0. The van der Waals surface area contributed by atoms with Gasteiger partial charge in [0, 0.05) is 16.9 Å². The zero-order valence-corrected chi connectivity index (χ0v) is 18.1. The number of benzene rings is 1. The molecule has 0 amide bonds. The zero-order valence-electron chi connectivity index (χ0n) is 14.1. The molecule has 0 fully saturated rings. The Morgan fingerprint density at radius 3 is 2.18 bits per heavy atom. The van der Waals surface area contributed by atoms with Gasteiger partial charge in [0.2, 0.25) is 5.88 Å². The zero-order chi connectivity index (χ0) is 20.1. The highest BCUT2D eigenvalue weighted by atomic mass is 79.9. The molecule has 0 saturated heterocycles. The van der Waals surface area contributed by atoms with E-state index in [1.165, 1.54) is 0 Å². The van der Waals surface area contributed by atoms with Gasteiger partial charge in [0.15, 0.2) is 5.03 Å². The van der Waals surface area contributed by atoms with Crippen LogP contribution in [-0.2, 0) is 10.0 Å². The molecule has 28 heavy (non-hydrogen) atoms. The van der Waals surface area contributed by atoms with E-state index in [-0.39, 0.29) is 35.7 Å². The fourth-order valence-corrected chi connectivity index (χ4v) is 3.34. The number of sulfonamides is 1. The molecule has 12 heteroatoms. The molecule has 2 aromatic heterocycles. The van der Waals surface area contributed by atoms with Crippen LogP contribution in [0.25, 0.3) is 11.1 Å². The first-order valence-electron chi connectivity index (χ1n) is 7.71. The van der Waals surface area contributed by atoms with Crippen LogP contribution in [0.15, 0.2) is 57.0 Å². The van der Waals surface area contributed by atoms with Gasteiger partial charge in [-0.25, -0.2) is 33.5 Å². The van der Waals surface area contributed by atoms with Crippen molar-refractivity contribution in [1.29, 1.82) is 0 Å². The highest BCUT2D eigenvalue weighted by molar-refractivity contribution is 9.10. The van der Waals surface area contributed by atoms with Crippen molar-refractivity contribution in [1.82, 2.24) is 19.9 Å². The molecule has 0 unspecified atom stereocenters. The largest absolute Gasteiger partial charge is 0.473 e. The summed E-state index contributed by atoms with van der Waals surface area (Å²) in [6.45, 7) is 0.195. The van der Waals surface area contributed by atoms with Crippen LogP contribution in [0, 0.1) is 0 Å². The van der Waals surface area contributed by atoms with Crippen LogP contribution in [0.4, 0.5) is 0 Å². The molecule has 0 aliphatic carbocycles. The predicted molar refractivity (Wildman–Crippen MR) is 107 cm³/mol. The molecule has 1 aromatic carbocycles. The Morgan fingerprint density at radius 2 is 1.54 bits per heavy atom. The van der Waals surface area contributed by atoms with E-state index < -0.39 is 10.0 Å². The number of halogens is 2. The van der Waals surface area contributed by atoms with Crippen molar-refractivity contribution in [3.8, 4) is 23.0 Å². The van der Waals surface area contributed by atoms with Gasteiger partial charge in [-0.1, -0.05) is 28.1 Å². The van der Waals surface area contributed by atoms with Crippen molar-refractivity contribution in [2.45, 2.75) is 5.03 Å². The summed E-state index contributed by atoms with van der Waals surface area (Å²) >= 11 is 6.57. The number of rotatable bonds is 7. The third-order valence-corrected chi connectivity index (χ3v) is 5.12. The lowest BCUT2D eigenvalue weighted by Gasteiger charge is -2.13. The van der Waals surface area contributed by atoms with Crippen molar-refractivity contribution in [3.63, 3.8) is 0 Å². The summed E-state index contributed by atoms with van der Waals surface area (Å²) in [5, 5.41) is 4.99. The van der Waals surface area contributed by atoms with E-state index in [0.29, 0.717) is 5.56 Å². The molecule has 3 aromatic rings. The second-order valence-electron chi connectivity index (χ2n) is 5.29. The van der Waals surface area contributed by atoms with Gasteiger partial charge in [0.05, 0.1) is 10.0 Å². The molecule has 9 nitrogen and oxygen atoms in total. The quantitative estimate of drug-likeness (QED) is 0.364. The second kappa shape index (κ2) is 8.90. The standard InChI is InChI=1S/C16H13Br2N5O4S/c17-11-3-1-10(2-4-11)13-14(22-9-23-15(13)28(19,24)25)26-5-6-27-16-20-7-12(18)8-21-16/h1-4,7-9H,5-6H2,(H2,19,24,25). The lowest BCUT2D eigenvalue weighted by atomic mass is 10.1. The van der Waals surface area contributed by atoms with Gasteiger partial charge >= 0.3 is 6.01 Å². The van der Waals surface area contributed by atoms with Crippen molar-refractivity contribution >= 4 is 41.9 Å². The minimum atomic E-state index is -4.09. The van der Waals surface area contributed by atoms with E-state index in [1.807, 2.05) is 0 Å². The van der Waals surface area contributed by atoms with Crippen LogP contribution in [-0.4, -0.2) is 41.6 Å². The lowest BCUT2D eigenvalue weighted by molar-refractivity contribution is 0.201. The molecular weight excluding hydrogens is 518 g/mol. The number of hydrogen-bond acceptors (Lipinski definition) is 8. The van der Waals surface area contributed by atoms with Gasteiger partial charge in [0.25, 0.3) is 10.0 Å². The fraction of sp³-hybridized carbons (Fsp3) is 0.125. The molecule has 0 aliphatic rings. The number of ether oxygens (including phenoxy) is 2. The van der Waals surface area contributed by atoms with E-state index in [4.69, 9.17) is 14.6 Å². The van der Waals surface area contributed by atoms with Gasteiger partial charge < -0.3 is 9.47 Å². The smallest absolute Gasteiger partial charge is 0.316 e. The summed E-state index contributed by atoms with van der Waals surface area (Å²) in [4.78, 5) is 15.8. The van der Waals surface area contributed by atoms with Crippen LogP contribution in [0.5, 0.6) is 11.9 Å². The fourth-order valence-electron chi connectivity index (χ4n) is 2.19. The number of hydrogen-bond donors (Lipinski definition) is 1. The summed E-state index contributed by atoms with van der Waals surface area (Å²) in [5.74, 6) is 0.0710. The summed E-state index contributed by atoms with van der Waals surface area (Å²) in [7, 11) is -4.09.